The Hall–Kier alpha value is -2.31. The maximum absolute atomic E-state index is 11.7. The average Bonchev–Trinajstić information content (AvgIpc) is 2.82. The van der Waals surface area contributed by atoms with Crippen molar-refractivity contribution in [3.05, 3.63) is 68.8 Å². The van der Waals surface area contributed by atoms with Gasteiger partial charge in [-0.15, -0.1) is 0 Å². The number of nitrogens with zero attached hydrogens (tertiary/aromatic N) is 1. The summed E-state index contributed by atoms with van der Waals surface area (Å²) in [5, 5.41) is 9.02. The molecule has 0 saturated heterocycles. The summed E-state index contributed by atoms with van der Waals surface area (Å²) in [6.45, 7) is 0. The van der Waals surface area contributed by atoms with Crippen molar-refractivity contribution < 1.29 is 7.86 Å². The molecule has 0 N–H and O–H groups in total. The number of rotatable bonds is 0. The van der Waals surface area contributed by atoms with E-state index in [0.29, 0.717) is 16.7 Å². The number of fused-ring (bicyclic) bond motifs is 1. The zero-order valence-corrected chi connectivity index (χ0v) is 12.4. The number of carbonyl (C=O) groups excluding carboxylic acids is 1. The van der Waals surface area contributed by atoms with Gasteiger partial charge >= 0.3 is 124 Å². The van der Waals surface area contributed by atoms with Crippen molar-refractivity contribution in [2.75, 3.05) is 0 Å². The summed E-state index contributed by atoms with van der Waals surface area (Å²) >= 11 is -2.25. The fourth-order valence-corrected chi connectivity index (χ4v) is 5.06. The van der Waals surface area contributed by atoms with E-state index in [1.165, 1.54) is 0 Å². The zero-order valence-electron chi connectivity index (χ0n) is 10.3. The molecule has 0 saturated carbocycles. The van der Waals surface area contributed by atoms with Crippen LogP contribution in [0.25, 0.3) is 0 Å². The first-order valence-electron chi connectivity index (χ1n) is 5.82. The molecule has 2 aromatic carbocycles. The van der Waals surface area contributed by atoms with E-state index in [0.717, 1.165) is 3.57 Å². The van der Waals surface area contributed by atoms with Crippen LogP contribution in [0.15, 0.2) is 48.5 Å². The van der Waals surface area contributed by atoms with Crippen LogP contribution < -0.4 is 0 Å². The van der Waals surface area contributed by atoms with Gasteiger partial charge in [0.1, 0.15) is 0 Å². The van der Waals surface area contributed by atoms with E-state index in [1.807, 2.05) is 24.3 Å². The molecule has 0 amide bonds. The second kappa shape index (κ2) is 5.36. The topological polar surface area (TPSA) is 50.1 Å². The molecule has 0 atom stereocenters. The summed E-state index contributed by atoms with van der Waals surface area (Å²) in [5.74, 6) is 2.70. The van der Waals surface area contributed by atoms with E-state index in [4.69, 9.17) is 8.33 Å². The Morgan fingerprint density at radius 1 is 1.00 bits per heavy atom. The number of carbonyl (C=O) groups is 1. The van der Waals surface area contributed by atoms with Gasteiger partial charge in [-0.1, -0.05) is 0 Å². The van der Waals surface area contributed by atoms with Crippen molar-refractivity contribution in [2.24, 2.45) is 0 Å². The Morgan fingerprint density at radius 3 is 2.50 bits per heavy atom. The molecular weight excluding hydrogens is 365 g/mol. The molecule has 0 unspecified atom stereocenters. The van der Waals surface area contributed by atoms with Gasteiger partial charge in [0, 0.05) is 0 Å². The summed E-state index contributed by atoms with van der Waals surface area (Å²) in [6.07, 6.45) is 0. The van der Waals surface area contributed by atoms with Crippen molar-refractivity contribution in [2.45, 2.75) is 0 Å². The molecule has 1 aliphatic heterocycles. The normalized spacial score (nSPS) is 13.8. The third-order valence-electron chi connectivity index (χ3n) is 2.74. The molecular formula is C16H8INO2. The Labute approximate surface area is 124 Å². The predicted molar refractivity (Wildman–Crippen MR) is 82.6 cm³/mol. The second-order valence-electron chi connectivity index (χ2n) is 3.97. The van der Waals surface area contributed by atoms with Crippen LogP contribution in [0, 0.1) is 24.7 Å². The van der Waals surface area contributed by atoms with Crippen LogP contribution in [-0.2, 0) is 3.07 Å². The van der Waals surface area contributed by atoms with E-state index < -0.39 is 20.2 Å². The molecule has 4 heteroatoms. The first-order chi connectivity index (χ1) is 9.79. The van der Waals surface area contributed by atoms with Crippen molar-refractivity contribution in [1.82, 2.24) is 0 Å². The SMILES string of the molecule is N#Cc1ccccc1C#CI1OC(=O)c2ccccc21. The third-order valence-corrected chi connectivity index (χ3v) is 6.34. The fourth-order valence-electron chi connectivity index (χ4n) is 1.78. The minimum atomic E-state index is -2.25. The molecule has 96 valence electrons. The minimum absolute atomic E-state index is 0.284. The molecule has 0 radical (unpaired) electrons. The van der Waals surface area contributed by atoms with E-state index >= 15 is 0 Å². The molecule has 2 aromatic rings. The van der Waals surface area contributed by atoms with Gasteiger partial charge in [0.05, 0.1) is 0 Å². The third kappa shape index (κ3) is 2.26. The van der Waals surface area contributed by atoms with E-state index in [9.17, 15) is 4.79 Å². The van der Waals surface area contributed by atoms with Gasteiger partial charge in [0.25, 0.3) is 0 Å². The average molecular weight is 373 g/mol. The van der Waals surface area contributed by atoms with Crippen LogP contribution >= 0.6 is 20.2 Å². The summed E-state index contributed by atoms with van der Waals surface area (Å²) in [5.41, 5.74) is 1.84. The van der Waals surface area contributed by atoms with Crippen molar-refractivity contribution in [1.29, 1.82) is 5.26 Å². The van der Waals surface area contributed by atoms with Crippen molar-refractivity contribution in [3.63, 3.8) is 0 Å². The van der Waals surface area contributed by atoms with Gasteiger partial charge < -0.3 is 0 Å². The number of hydrogen-bond donors (Lipinski definition) is 0. The Balaban J connectivity index is 1.97. The summed E-state index contributed by atoms with van der Waals surface area (Å²) in [7, 11) is 0. The van der Waals surface area contributed by atoms with Gasteiger partial charge in [0.2, 0.25) is 0 Å². The number of benzene rings is 2. The standard InChI is InChI=1S/C16H8INO2/c18-11-13-6-2-1-5-12(13)9-10-17-15-8-4-3-7-14(15)16(19)20-17/h1-8H. The molecule has 0 fully saturated rings. The Kier molecular flexibility index (Phi) is 3.41. The molecule has 3 nitrogen and oxygen atoms in total. The molecule has 0 spiro atoms. The molecule has 20 heavy (non-hydrogen) atoms. The zero-order chi connectivity index (χ0) is 13.9. The molecule has 0 bridgehead atoms. The van der Waals surface area contributed by atoms with Gasteiger partial charge in [-0.05, 0) is 0 Å². The van der Waals surface area contributed by atoms with E-state index in [-0.39, 0.29) is 5.97 Å². The number of nitriles is 1. The van der Waals surface area contributed by atoms with Gasteiger partial charge in [0.15, 0.2) is 0 Å². The van der Waals surface area contributed by atoms with Crippen LogP contribution in [0.3, 0.4) is 0 Å². The van der Waals surface area contributed by atoms with Crippen LogP contribution in [0.2, 0.25) is 0 Å². The number of hydrogen-bond acceptors (Lipinski definition) is 3. The fraction of sp³-hybridized carbons (Fsp3) is 0. The summed E-state index contributed by atoms with van der Waals surface area (Å²) in [4.78, 5) is 11.7. The monoisotopic (exact) mass is 373 g/mol. The summed E-state index contributed by atoms with van der Waals surface area (Å²) < 4.78 is 9.39. The molecule has 3 rings (SSSR count). The van der Waals surface area contributed by atoms with Crippen LogP contribution in [-0.4, -0.2) is 5.97 Å². The Bertz CT molecular complexity index is 796. The number of halogens is 1. The van der Waals surface area contributed by atoms with Crippen LogP contribution in [0.4, 0.5) is 0 Å². The molecule has 0 aliphatic carbocycles. The van der Waals surface area contributed by atoms with Gasteiger partial charge in [-0.25, -0.2) is 0 Å². The molecule has 1 heterocycles. The van der Waals surface area contributed by atoms with Crippen molar-refractivity contribution >= 4 is 26.2 Å². The van der Waals surface area contributed by atoms with Gasteiger partial charge in [-0.3, -0.25) is 0 Å². The van der Waals surface area contributed by atoms with Crippen molar-refractivity contribution in [3.8, 4) is 15.9 Å². The first kappa shape index (κ1) is 12.7. The second-order valence-corrected chi connectivity index (χ2v) is 7.53. The Morgan fingerprint density at radius 2 is 1.70 bits per heavy atom. The van der Waals surface area contributed by atoms with E-state index in [2.05, 4.69) is 15.9 Å². The first-order valence-corrected chi connectivity index (χ1v) is 8.86. The van der Waals surface area contributed by atoms with Gasteiger partial charge in [-0.2, -0.15) is 0 Å². The maximum atomic E-state index is 11.7. The van der Waals surface area contributed by atoms with Crippen LogP contribution in [0.5, 0.6) is 0 Å². The molecule has 0 aromatic heterocycles. The van der Waals surface area contributed by atoms with Crippen LogP contribution in [0.1, 0.15) is 21.5 Å². The quantitative estimate of drug-likeness (QED) is 0.526. The summed E-state index contributed by atoms with van der Waals surface area (Å²) in [6, 6.07) is 16.6. The molecule has 1 aliphatic rings. The van der Waals surface area contributed by atoms with E-state index in [1.54, 1.807) is 24.3 Å². The predicted octanol–water partition coefficient (Wildman–Crippen LogP) is 3.33.